The zero-order valence-electron chi connectivity index (χ0n) is 11.5. The molecule has 0 N–H and O–H groups in total. The average molecular weight is 319 g/mol. The average Bonchev–Trinajstić information content (AvgIpc) is 2.96. The molecule has 4 heteroatoms. The fraction of sp³-hybridized carbons (Fsp3) is 0.235. The fourth-order valence-electron chi connectivity index (χ4n) is 3.22. The van der Waals surface area contributed by atoms with Gasteiger partial charge in [-0.05, 0) is 23.3 Å². The van der Waals surface area contributed by atoms with Crippen LogP contribution in [-0.4, -0.2) is 30.4 Å². The molecular formula is C17H16Cl2N2. The Morgan fingerprint density at radius 2 is 1.81 bits per heavy atom. The summed E-state index contributed by atoms with van der Waals surface area (Å²) in [5.41, 5.74) is 4.00. The molecule has 0 aromatic heterocycles. The van der Waals surface area contributed by atoms with Crippen LogP contribution in [0.4, 0.5) is 0 Å². The molecule has 108 valence electrons. The smallest absolute Gasteiger partial charge is 0.131 e. The van der Waals surface area contributed by atoms with E-state index in [1.807, 2.05) is 12.1 Å². The van der Waals surface area contributed by atoms with Crippen molar-refractivity contribution < 1.29 is 0 Å². The van der Waals surface area contributed by atoms with E-state index in [-0.39, 0.29) is 12.4 Å². The van der Waals surface area contributed by atoms with E-state index in [0.29, 0.717) is 5.92 Å². The van der Waals surface area contributed by atoms with Crippen LogP contribution in [0.3, 0.4) is 0 Å². The summed E-state index contributed by atoms with van der Waals surface area (Å²) in [6.45, 7) is 2.96. The molecule has 2 nitrogen and oxygen atoms in total. The third-order valence-electron chi connectivity index (χ3n) is 4.18. The highest BCUT2D eigenvalue weighted by Crippen LogP contribution is 2.35. The summed E-state index contributed by atoms with van der Waals surface area (Å²) in [5.74, 6) is 1.58. The van der Waals surface area contributed by atoms with Gasteiger partial charge >= 0.3 is 0 Å². The molecule has 2 heterocycles. The van der Waals surface area contributed by atoms with Gasteiger partial charge in [0.05, 0.1) is 6.54 Å². The van der Waals surface area contributed by atoms with Crippen molar-refractivity contribution in [3.8, 4) is 0 Å². The summed E-state index contributed by atoms with van der Waals surface area (Å²) < 4.78 is 0. The SMILES string of the molecule is Cl.Clc1ccc(C2CN3CCN=C3c3ccccc32)cc1. The first-order valence-corrected chi connectivity index (χ1v) is 7.35. The minimum Gasteiger partial charge on any atom is -0.354 e. The van der Waals surface area contributed by atoms with Crippen LogP contribution >= 0.6 is 24.0 Å². The zero-order valence-corrected chi connectivity index (χ0v) is 13.1. The van der Waals surface area contributed by atoms with Gasteiger partial charge in [0.25, 0.3) is 0 Å². The standard InChI is InChI=1S/C17H15ClN2.ClH/c18-13-7-5-12(6-8-13)16-11-20-10-9-19-17(20)15-4-2-1-3-14(15)16;/h1-8,16H,9-11H2;1H. The number of aliphatic imine (C=N–C) groups is 1. The maximum Gasteiger partial charge on any atom is 0.131 e. The Bertz CT molecular complexity index is 679. The summed E-state index contributed by atoms with van der Waals surface area (Å²) in [7, 11) is 0. The third-order valence-corrected chi connectivity index (χ3v) is 4.44. The first-order valence-electron chi connectivity index (χ1n) is 6.97. The highest BCUT2D eigenvalue weighted by atomic mass is 35.5. The molecule has 2 aliphatic rings. The number of nitrogens with zero attached hydrogens (tertiary/aromatic N) is 2. The van der Waals surface area contributed by atoms with Gasteiger partial charge in [-0.2, -0.15) is 0 Å². The molecule has 0 radical (unpaired) electrons. The van der Waals surface area contributed by atoms with E-state index in [4.69, 9.17) is 11.6 Å². The van der Waals surface area contributed by atoms with Crippen molar-refractivity contribution in [1.29, 1.82) is 0 Å². The molecule has 1 unspecified atom stereocenters. The molecule has 0 bridgehead atoms. The van der Waals surface area contributed by atoms with Crippen LogP contribution in [-0.2, 0) is 0 Å². The van der Waals surface area contributed by atoms with Crippen LogP contribution in [0, 0.1) is 0 Å². The molecule has 2 aromatic carbocycles. The number of fused-ring (bicyclic) bond motifs is 3. The third kappa shape index (κ3) is 2.43. The Hall–Kier alpha value is -1.51. The van der Waals surface area contributed by atoms with Crippen LogP contribution in [0.5, 0.6) is 0 Å². The minimum absolute atomic E-state index is 0. The second-order valence-corrected chi connectivity index (χ2v) is 5.78. The molecule has 2 aliphatic heterocycles. The van der Waals surface area contributed by atoms with Crippen molar-refractivity contribution in [2.45, 2.75) is 5.92 Å². The van der Waals surface area contributed by atoms with Crippen molar-refractivity contribution in [2.75, 3.05) is 19.6 Å². The van der Waals surface area contributed by atoms with E-state index in [2.05, 4.69) is 46.3 Å². The molecule has 0 saturated heterocycles. The van der Waals surface area contributed by atoms with E-state index in [0.717, 1.165) is 24.7 Å². The van der Waals surface area contributed by atoms with E-state index >= 15 is 0 Å². The van der Waals surface area contributed by atoms with E-state index < -0.39 is 0 Å². The molecule has 2 aromatic rings. The molecule has 0 fully saturated rings. The number of amidine groups is 1. The van der Waals surface area contributed by atoms with Gasteiger partial charge in [0.15, 0.2) is 0 Å². The summed E-state index contributed by atoms with van der Waals surface area (Å²) in [4.78, 5) is 7.07. The van der Waals surface area contributed by atoms with Crippen molar-refractivity contribution in [2.24, 2.45) is 4.99 Å². The first-order chi connectivity index (χ1) is 9.83. The Labute approximate surface area is 135 Å². The highest BCUT2D eigenvalue weighted by molar-refractivity contribution is 6.30. The lowest BCUT2D eigenvalue weighted by molar-refractivity contribution is 0.426. The topological polar surface area (TPSA) is 15.6 Å². The summed E-state index contributed by atoms with van der Waals surface area (Å²) >= 11 is 6.01. The van der Waals surface area contributed by atoms with Gasteiger partial charge in [-0.15, -0.1) is 12.4 Å². The minimum atomic E-state index is 0. The summed E-state index contributed by atoms with van der Waals surface area (Å²) in [6, 6.07) is 16.9. The van der Waals surface area contributed by atoms with Crippen molar-refractivity contribution >= 4 is 29.8 Å². The molecular weight excluding hydrogens is 303 g/mol. The van der Waals surface area contributed by atoms with Crippen LogP contribution in [0.1, 0.15) is 22.6 Å². The zero-order chi connectivity index (χ0) is 13.5. The van der Waals surface area contributed by atoms with Crippen molar-refractivity contribution in [3.05, 3.63) is 70.2 Å². The number of halogens is 2. The normalized spacial score (nSPS) is 19.4. The van der Waals surface area contributed by atoms with Gasteiger partial charge in [0, 0.05) is 29.6 Å². The number of rotatable bonds is 1. The molecule has 1 atom stereocenters. The molecule has 0 amide bonds. The van der Waals surface area contributed by atoms with Gasteiger partial charge in [0.2, 0.25) is 0 Å². The predicted molar refractivity (Wildman–Crippen MR) is 90.0 cm³/mol. The van der Waals surface area contributed by atoms with Crippen molar-refractivity contribution in [1.82, 2.24) is 4.90 Å². The molecule has 0 spiro atoms. The van der Waals surface area contributed by atoms with Crippen LogP contribution in [0.25, 0.3) is 0 Å². The Morgan fingerprint density at radius 3 is 2.62 bits per heavy atom. The molecule has 0 aliphatic carbocycles. The first kappa shape index (κ1) is 14.4. The van der Waals surface area contributed by atoms with Gasteiger partial charge in [-0.25, -0.2) is 0 Å². The lowest BCUT2D eigenvalue weighted by Crippen LogP contribution is -2.38. The molecule has 4 rings (SSSR count). The van der Waals surface area contributed by atoms with Gasteiger partial charge in [-0.1, -0.05) is 48.0 Å². The van der Waals surface area contributed by atoms with Crippen molar-refractivity contribution in [3.63, 3.8) is 0 Å². The van der Waals surface area contributed by atoms with E-state index in [1.165, 1.54) is 22.5 Å². The number of hydrogen-bond donors (Lipinski definition) is 0. The molecule has 0 saturated carbocycles. The predicted octanol–water partition coefficient (Wildman–Crippen LogP) is 3.97. The lowest BCUT2D eigenvalue weighted by Gasteiger charge is -2.34. The summed E-state index contributed by atoms with van der Waals surface area (Å²) in [6.07, 6.45) is 0. The second kappa shape index (κ2) is 5.70. The Balaban J connectivity index is 0.00000132. The summed E-state index contributed by atoms with van der Waals surface area (Å²) in [5, 5.41) is 0.793. The van der Waals surface area contributed by atoms with Gasteiger partial charge in [0.1, 0.15) is 5.84 Å². The molecule has 21 heavy (non-hydrogen) atoms. The fourth-order valence-corrected chi connectivity index (χ4v) is 3.35. The monoisotopic (exact) mass is 318 g/mol. The Kier molecular flexibility index (Phi) is 3.92. The van der Waals surface area contributed by atoms with Gasteiger partial charge < -0.3 is 4.90 Å². The lowest BCUT2D eigenvalue weighted by atomic mass is 9.84. The van der Waals surface area contributed by atoms with Crippen LogP contribution in [0.15, 0.2) is 53.5 Å². The largest absolute Gasteiger partial charge is 0.354 e. The highest BCUT2D eigenvalue weighted by Gasteiger charge is 2.32. The maximum absolute atomic E-state index is 6.01. The maximum atomic E-state index is 6.01. The van der Waals surface area contributed by atoms with E-state index in [1.54, 1.807) is 0 Å². The number of hydrogen-bond acceptors (Lipinski definition) is 2. The van der Waals surface area contributed by atoms with Gasteiger partial charge in [-0.3, -0.25) is 4.99 Å². The number of benzene rings is 2. The second-order valence-electron chi connectivity index (χ2n) is 5.34. The quantitative estimate of drug-likeness (QED) is 0.776. The Morgan fingerprint density at radius 1 is 1.05 bits per heavy atom. The van der Waals surface area contributed by atoms with Crippen LogP contribution in [0.2, 0.25) is 5.02 Å². The van der Waals surface area contributed by atoms with Crippen LogP contribution < -0.4 is 0 Å². The van der Waals surface area contributed by atoms with E-state index in [9.17, 15) is 0 Å².